The maximum absolute atomic E-state index is 13.3. The lowest BCUT2D eigenvalue weighted by Crippen LogP contribution is -2.59. The van der Waals surface area contributed by atoms with Crippen LogP contribution >= 0.6 is 0 Å². The van der Waals surface area contributed by atoms with Gasteiger partial charge in [0.1, 0.15) is 0 Å². The van der Waals surface area contributed by atoms with E-state index in [1.807, 2.05) is 20.8 Å². The standard InChI is InChI=1S/C25H26N2O4/c1-15(28)16-5-9-18(10-6-16)26-21(29)17-7-11-19(12-8-17)27-22(30)20-13-14-25(4,23(27)31)24(20,2)3/h5-12,20H,13-14H2,1-4H3,(H,26,29)/t20-,25+/m1/s1. The molecule has 1 N–H and O–H groups in total. The molecule has 2 bridgehead atoms. The molecule has 31 heavy (non-hydrogen) atoms. The van der Waals surface area contributed by atoms with E-state index < -0.39 is 5.41 Å². The highest BCUT2D eigenvalue weighted by Crippen LogP contribution is 2.60. The van der Waals surface area contributed by atoms with Gasteiger partial charge in [0, 0.05) is 22.7 Å². The normalized spacial score (nSPS) is 24.3. The van der Waals surface area contributed by atoms with E-state index in [0.717, 1.165) is 0 Å². The highest BCUT2D eigenvalue weighted by atomic mass is 16.2. The number of carbonyl (C=O) groups excluding carboxylic acids is 4. The Hall–Kier alpha value is -3.28. The van der Waals surface area contributed by atoms with Crippen LogP contribution in [-0.2, 0) is 9.59 Å². The molecular weight excluding hydrogens is 392 g/mol. The van der Waals surface area contributed by atoms with Crippen molar-refractivity contribution < 1.29 is 19.2 Å². The fourth-order valence-electron chi connectivity index (χ4n) is 4.82. The van der Waals surface area contributed by atoms with Crippen LogP contribution in [0.1, 0.15) is 61.3 Å². The zero-order chi connectivity index (χ0) is 22.6. The van der Waals surface area contributed by atoms with E-state index in [0.29, 0.717) is 35.3 Å². The number of piperidine rings is 1. The van der Waals surface area contributed by atoms with E-state index in [-0.39, 0.29) is 34.8 Å². The SMILES string of the molecule is CC(=O)c1ccc(NC(=O)c2ccc(N3C(=O)[C@H]4CC[C@@](C)(C3=O)C4(C)C)cc2)cc1. The van der Waals surface area contributed by atoms with Gasteiger partial charge in [0.2, 0.25) is 11.8 Å². The van der Waals surface area contributed by atoms with E-state index >= 15 is 0 Å². The Labute approximate surface area is 181 Å². The first kappa shape index (κ1) is 21.0. The third kappa shape index (κ3) is 3.17. The first-order valence-electron chi connectivity index (χ1n) is 10.5. The number of imide groups is 1. The van der Waals surface area contributed by atoms with Crippen molar-refractivity contribution in [3.8, 4) is 0 Å². The number of nitrogens with one attached hydrogen (secondary N) is 1. The first-order valence-corrected chi connectivity index (χ1v) is 10.5. The Morgan fingerprint density at radius 2 is 1.52 bits per heavy atom. The summed E-state index contributed by atoms with van der Waals surface area (Å²) in [6.45, 7) is 7.45. The maximum atomic E-state index is 13.3. The summed E-state index contributed by atoms with van der Waals surface area (Å²) in [6, 6.07) is 13.2. The second-order valence-corrected chi connectivity index (χ2v) is 9.26. The lowest BCUT2D eigenvalue weighted by atomic mass is 9.62. The minimum absolute atomic E-state index is 0.0408. The fourth-order valence-corrected chi connectivity index (χ4v) is 4.82. The van der Waals surface area contributed by atoms with Gasteiger partial charge in [0.25, 0.3) is 5.91 Å². The zero-order valence-corrected chi connectivity index (χ0v) is 18.2. The molecule has 3 amide bonds. The van der Waals surface area contributed by atoms with E-state index in [4.69, 9.17) is 0 Å². The molecule has 0 radical (unpaired) electrons. The number of fused-ring (bicyclic) bond motifs is 2. The van der Waals surface area contributed by atoms with Crippen LogP contribution in [-0.4, -0.2) is 23.5 Å². The van der Waals surface area contributed by atoms with Crippen LogP contribution in [0.15, 0.2) is 48.5 Å². The molecule has 1 aliphatic heterocycles. The number of nitrogens with zero attached hydrogens (tertiary/aromatic N) is 1. The van der Waals surface area contributed by atoms with Crippen LogP contribution in [0.5, 0.6) is 0 Å². The smallest absolute Gasteiger partial charge is 0.255 e. The minimum Gasteiger partial charge on any atom is -0.322 e. The van der Waals surface area contributed by atoms with Crippen LogP contribution < -0.4 is 10.2 Å². The predicted molar refractivity (Wildman–Crippen MR) is 118 cm³/mol. The number of hydrogen-bond donors (Lipinski definition) is 1. The molecule has 2 aromatic rings. The summed E-state index contributed by atoms with van der Waals surface area (Å²) in [5.41, 5.74) is 1.11. The van der Waals surface area contributed by atoms with Gasteiger partial charge < -0.3 is 5.32 Å². The molecule has 160 valence electrons. The summed E-state index contributed by atoms with van der Waals surface area (Å²) in [5, 5.41) is 2.78. The quantitative estimate of drug-likeness (QED) is 0.587. The second kappa shape index (κ2) is 7.15. The minimum atomic E-state index is -0.576. The Morgan fingerprint density at radius 1 is 0.935 bits per heavy atom. The summed E-state index contributed by atoms with van der Waals surface area (Å²) in [7, 11) is 0. The molecule has 2 aliphatic rings. The van der Waals surface area contributed by atoms with Crippen molar-refractivity contribution in [1.29, 1.82) is 0 Å². The number of ketones is 1. The van der Waals surface area contributed by atoms with Gasteiger partial charge in [-0.15, -0.1) is 0 Å². The molecular formula is C25H26N2O4. The Morgan fingerprint density at radius 3 is 2.10 bits per heavy atom. The highest BCUT2D eigenvalue weighted by Gasteiger charge is 2.64. The third-order valence-corrected chi connectivity index (χ3v) is 7.36. The maximum Gasteiger partial charge on any atom is 0.255 e. The average molecular weight is 418 g/mol. The number of hydrogen-bond acceptors (Lipinski definition) is 4. The topological polar surface area (TPSA) is 83.6 Å². The molecule has 1 saturated heterocycles. The Kier molecular flexibility index (Phi) is 4.84. The molecule has 1 saturated carbocycles. The molecule has 2 fully saturated rings. The van der Waals surface area contributed by atoms with Crippen molar-refractivity contribution in [3.63, 3.8) is 0 Å². The van der Waals surface area contributed by atoms with Crippen LogP contribution in [0.2, 0.25) is 0 Å². The van der Waals surface area contributed by atoms with E-state index in [1.54, 1.807) is 48.5 Å². The van der Waals surface area contributed by atoms with Gasteiger partial charge in [-0.25, -0.2) is 4.90 Å². The Balaban J connectivity index is 1.53. The summed E-state index contributed by atoms with van der Waals surface area (Å²) in [5.74, 6) is -0.865. The van der Waals surface area contributed by atoms with E-state index in [1.165, 1.54) is 11.8 Å². The molecule has 1 aliphatic carbocycles. The van der Waals surface area contributed by atoms with Crippen molar-refractivity contribution >= 4 is 34.9 Å². The number of anilines is 2. The van der Waals surface area contributed by atoms with Crippen molar-refractivity contribution in [3.05, 3.63) is 59.7 Å². The van der Waals surface area contributed by atoms with Gasteiger partial charge in [-0.3, -0.25) is 19.2 Å². The van der Waals surface area contributed by atoms with Gasteiger partial charge in [0.05, 0.1) is 11.1 Å². The summed E-state index contributed by atoms with van der Waals surface area (Å²) in [6.07, 6.45) is 1.42. The lowest BCUT2D eigenvalue weighted by molar-refractivity contribution is -0.146. The fraction of sp³-hybridized carbons (Fsp3) is 0.360. The predicted octanol–water partition coefficient (Wildman–Crippen LogP) is 4.46. The van der Waals surface area contributed by atoms with Crippen molar-refractivity contribution in [2.24, 2.45) is 16.7 Å². The molecule has 6 heteroatoms. The van der Waals surface area contributed by atoms with E-state index in [2.05, 4.69) is 5.32 Å². The van der Waals surface area contributed by atoms with Gasteiger partial charge in [-0.1, -0.05) is 20.8 Å². The van der Waals surface area contributed by atoms with Crippen molar-refractivity contribution in [2.45, 2.75) is 40.5 Å². The highest BCUT2D eigenvalue weighted by molar-refractivity contribution is 6.20. The first-order chi connectivity index (χ1) is 14.6. The number of benzene rings is 2. The van der Waals surface area contributed by atoms with Crippen LogP contribution in [0.4, 0.5) is 11.4 Å². The van der Waals surface area contributed by atoms with Crippen molar-refractivity contribution in [1.82, 2.24) is 0 Å². The number of Topliss-reactive ketones (excluding diaryl/α,β-unsaturated/α-hetero) is 1. The number of amides is 3. The lowest BCUT2D eigenvalue weighted by Gasteiger charge is -2.47. The molecule has 4 rings (SSSR count). The van der Waals surface area contributed by atoms with Crippen LogP contribution in [0.3, 0.4) is 0 Å². The number of carbonyl (C=O) groups is 4. The second-order valence-electron chi connectivity index (χ2n) is 9.26. The van der Waals surface area contributed by atoms with Crippen LogP contribution in [0.25, 0.3) is 0 Å². The summed E-state index contributed by atoms with van der Waals surface area (Å²) < 4.78 is 0. The van der Waals surface area contributed by atoms with Crippen LogP contribution in [0, 0.1) is 16.7 Å². The molecule has 6 nitrogen and oxygen atoms in total. The molecule has 0 aromatic heterocycles. The molecule has 2 aromatic carbocycles. The largest absolute Gasteiger partial charge is 0.322 e. The molecule has 0 spiro atoms. The molecule has 1 heterocycles. The zero-order valence-electron chi connectivity index (χ0n) is 18.2. The van der Waals surface area contributed by atoms with Gasteiger partial charge in [-0.2, -0.15) is 0 Å². The third-order valence-electron chi connectivity index (χ3n) is 7.36. The average Bonchev–Trinajstić information content (AvgIpc) is 2.92. The summed E-state index contributed by atoms with van der Waals surface area (Å²) in [4.78, 5) is 51.6. The Bertz CT molecular complexity index is 1090. The van der Waals surface area contributed by atoms with Gasteiger partial charge >= 0.3 is 0 Å². The molecule has 0 unspecified atom stereocenters. The van der Waals surface area contributed by atoms with Crippen molar-refractivity contribution in [2.75, 3.05) is 10.2 Å². The summed E-state index contributed by atoms with van der Waals surface area (Å²) >= 11 is 0. The molecule has 2 atom stereocenters. The monoisotopic (exact) mass is 418 g/mol. The van der Waals surface area contributed by atoms with Gasteiger partial charge in [-0.05, 0) is 73.7 Å². The van der Waals surface area contributed by atoms with Gasteiger partial charge in [0.15, 0.2) is 5.78 Å². The number of rotatable bonds is 4. The van der Waals surface area contributed by atoms with E-state index in [9.17, 15) is 19.2 Å².